The van der Waals surface area contributed by atoms with Gasteiger partial charge in [-0.2, -0.15) is 0 Å². The predicted molar refractivity (Wildman–Crippen MR) is 111 cm³/mol. The molecular formula is C22H22BrNO5. The third-order valence-corrected chi connectivity index (χ3v) is 6.12. The molecule has 0 unspecified atom stereocenters. The van der Waals surface area contributed by atoms with Crippen LogP contribution in [-0.2, 0) is 19.7 Å². The maximum absolute atomic E-state index is 13.1. The van der Waals surface area contributed by atoms with Crippen LogP contribution in [0.3, 0.4) is 0 Å². The van der Waals surface area contributed by atoms with Crippen molar-refractivity contribution in [2.24, 2.45) is 0 Å². The highest BCUT2D eigenvalue weighted by Crippen LogP contribution is 2.45. The van der Waals surface area contributed by atoms with Crippen LogP contribution in [0.2, 0.25) is 0 Å². The first-order chi connectivity index (χ1) is 14.1. The van der Waals surface area contributed by atoms with Gasteiger partial charge in [0, 0.05) is 4.47 Å². The molecule has 2 aromatic rings. The number of carbonyl (C=O) groups excluding carboxylic acids is 2. The summed E-state index contributed by atoms with van der Waals surface area (Å²) in [6, 6.07) is 12.9. The molecule has 1 N–H and O–H groups in total. The van der Waals surface area contributed by atoms with Crippen molar-refractivity contribution in [3.8, 4) is 11.5 Å². The maximum atomic E-state index is 13.1. The molecule has 7 heteroatoms. The van der Waals surface area contributed by atoms with Crippen molar-refractivity contribution >= 4 is 33.5 Å². The highest BCUT2D eigenvalue weighted by molar-refractivity contribution is 9.10. The highest BCUT2D eigenvalue weighted by Gasteiger charge is 2.45. The van der Waals surface area contributed by atoms with Crippen molar-refractivity contribution in [2.75, 3.05) is 25.1 Å². The van der Waals surface area contributed by atoms with Gasteiger partial charge >= 0.3 is 5.97 Å². The molecular weight excluding hydrogens is 438 g/mol. The molecule has 29 heavy (non-hydrogen) atoms. The van der Waals surface area contributed by atoms with E-state index in [9.17, 15) is 9.59 Å². The third kappa shape index (κ3) is 4.10. The number of hydrogen-bond donors (Lipinski definition) is 1. The van der Waals surface area contributed by atoms with Crippen LogP contribution in [0.25, 0.3) is 0 Å². The molecule has 0 aromatic heterocycles. The van der Waals surface area contributed by atoms with Gasteiger partial charge in [-0.1, -0.05) is 31.0 Å². The average molecular weight is 460 g/mol. The largest absolute Gasteiger partial charge is 0.486 e. The van der Waals surface area contributed by atoms with E-state index in [0.717, 1.165) is 22.9 Å². The van der Waals surface area contributed by atoms with Crippen molar-refractivity contribution in [3.05, 3.63) is 52.5 Å². The lowest BCUT2D eigenvalue weighted by atomic mass is 9.78. The van der Waals surface area contributed by atoms with Gasteiger partial charge in [0.25, 0.3) is 5.91 Å². The zero-order valence-electron chi connectivity index (χ0n) is 15.9. The second kappa shape index (κ2) is 8.45. The molecule has 1 saturated carbocycles. The summed E-state index contributed by atoms with van der Waals surface area (Å²) in [6.45, 7) is 0.682. The number of fused-ring (bicyclic) bond motifs is 1. The predicted octanol–water partition coefficient (Wildman–Crippen LogP) is 4.21. The molecule has 0 bridgehead atoms. The zero-order valence-corrected chi connectivity index (χ0v) is 17.5. The van der Waals surface area contributed by atoms with Crippen LogP contribution in [0, 0.1) is 0 Å². The molecule has 4 rings (SSSR count). The number of esters is 1. The van der Waals surface area contributed by atoms with Crippen molar-refractivity contribution < 1.29 is 23.8 Å². The van der Waals surface area contributed by atoms with Crippen LogP contribution in [0.1, 0.15) is 31.2 Å². The summed E-state index contributed by atoms with van der Waals surface area (Å²) in [5.41, 5.74) is 0.745. The molecule has 152 valence electrons. The Balaban J connectivity index is 1.46. The number of rotatable bonds is 5. The van der Waals surface area contributed by atoms with Gasteiger partial charge in [0.1, 0.15) is 13.2 Å². The van der Waals surface area contributed by atoms with Crippen molar-refractivity contribution in [2.45, 2.75) is 31.1 Å². The number of halogens is 1. The summed E-state index contributed by atoms with van der Waals surface area (Å²) in [4.78, 5) is 25.3. The Morgan fingerprint density at radius 2 is 1.76 bits per heavy atom. The molecule has 6 nitrogen and oxygen atoms in total. The van der Waals surface area contributed by atoms with E-state index in [1.165, 1.54) is 0 Å². The van der Waals surface area contributed by atoms with Crippen LogP contribution in [0.4, 0.5) is 5.69 Å². The molecule has 1 aliphatic carbocycles. The molecule has 2 aromatic carbocycles. The van der Waals surface area contributed by atoms with Gasteiger partial charge in [0.15, 0.2) is 18.1 Å². The number of anilines is 1. The first kappa shape index (κ1) is 19.8. The lowest BCUT2D eigenvalue weighted by Gasteiger charge is -2.28. The second-order valence-corrected chi connectivity index (χ2v) is 8.11. The number of hydrogen-bond acceptors (Lipinski definition) is 5. The fourth-order valence-corrected chi connectivity index (χ4v) is 4.33. The zero-order chi connectivity index (χ0) is 20.3. The molecule has 0 radical (unpaired) electrons. The van der Waals surface area contributed by atoms with E-state index in [-0.39, 0.29) is 18.5 Å². The molecule has 1 aliphatic heterocycles. The van der Waals surface area contributed by atoms with Crippen molar-refractivity contribution in [1.82, 2.24) is 0 Å². The maximum Gasteiger partial charge on any atom is 0.317 e. The monoisotopic (exact) mass is 459 g/mol. The number of para-hydroxylation sites is 1. The van der Waals surface area contributed by atoms with E-state index in [1.807, 2.05) is 36.4 Å². The summed E-state index contributed by atoms with van der Waals surface area (Å²) in [5, 5.41) is 2.75. The Hall–Kier alpha value is -2.54. The normalized spacial score (nSPS) is 16.9. The van der Waals surface area contributed by atoms with Gasteiger partial charge < -0.3 is 19.5 Å². The van der Waals surface area contributed by atoms with E-state index in [2.05, 4.69) is 21.2 Å². The highest BCUT2D eigenvalue weighted by atomic mass is 79.9. The van der Waals surface area contributed by atoms with E-state index in [4.69, 9.17) is 14.2 Å². The second-order valence-electron chi connectivity index (χ2n) is 7.25. The number of ether oxygens (including phenoxy) is 3. The van der Waals surface area contributed by atoms with Crippen molar-refractivity contribution in [1.29, 1.82) is 0 Å². The summed E-state index contributed by atoms with van der Waals surface area (Å²) in [7, 11) is 0. The van der Waals surface area contributed by atoms with Gasteiger partial charge in [-0.15, -0.1) is 0 Å². The molecule has 1 amide bonds. The Labute approximate surface area is 177 Å². The fraction of sp³-hybridized carbons (Fsp3) is 0.364. The SMILES string of the molecule is O=C(COC(=O)C1(c2ccc3c(c2)OCCO3)CCCC1)Nc1ccccc1Br. The molecule has 0 saturated heterocycles. The van der Waals surface area contributed by atoms with Crippen LogP contribution in [0.5, 0.6) is 11.5 Å². The van der Waals surface area contributed by atoms with E-state index in [1.54, 1.807) is 6.07 Å². The molecule has 0 atom stereocenters. The van der Waals surface area contributed by atoms with Gasteiger partial charge in [-0.25, -0.2) is 0 Å². The lowest BCUT2D eigenvalue weighted by Crippen LogP contribution is -2.36. The van der Waals surface area contributed by atoms with E-state index < -0.39 is 5.41 Å². The number of carbonyl (C=O) groups is 2. The topological polar surface area (TPSA) is 73.9 Å². The van der Waals surface area contributed by atoms with E-state index >= 15 is 0 Å². The number of benzene rings is 2. The average Bonchev–Trinajstić information content (AvgIpc) is 3.24. The van der Waals surface area contributed by atoms with Crippen LogP contribution < -0.4 is 14.8 Å². The van der Waals surface area contributed by atoms with Gasteiger partial charge in [0.05, 0.1) is 11.1 Å². The van der Waals surface area contributed by atoms with Gasteiger partial charge in [-0.05, 0) is 58.6 Å². The Morgan fingerprint density at radius 3 is 2.52 bits per heavy atom. The standard InChI is InChI=1S/C22H22BrNO5/c23-16-5-1-2-6-17(16)24-20(25)14-29-21(26)22(9-3-4-10-22)15-7-8-18-19(13-15)28-12-11-27-18/h1-2,5-8,13H,3-4,9-12,14H2,(H,24,25). The summed E-state index contributed by atoms with van der Waals surface area (Å²) in [6.07, 6.45) is 3.26. The van der Waals surface area contributed by atoms with Crippen molar-refractivity contribution in [3.63, 3.8) is 0 Å². The minimum absolute atomic E-state index is 0.327. The minimum Gasteiger partial charge on any atom is -0.486 e. The Bertz CT molecular complexity index is 923. The molecule has 2 aliphatic rings. The van der Waals surface area contributed by atoms with Gasteiger partial charge in [0.2, 0.25) is 0 Å². The molecule has 0 spiro atoms. The van der Waals surface area contributed by atoms with Crippen LogP contribution in [0.15, 0.2) is 46.9 Å². The van der Waals surface area contributed by atoms with Crippen LogP contribution >= 0.6 is 15.9 Å². The Morgan fingerprint density at radius 1 is 1.03 bits per heavy atom. The lowest BCUT2D eigenvalue weighted by molar-refractivity contribution is -0.153. The number of nitrogens with one attached hydrogen (secondary N) is 1. The van der Waals surface area contributed by atoms with Gasteiger partial charge in [-0.3, -0.25) is 9.59 Å². The first-order valence-electron chi connectivity index (χ1n) is 9.70. The Kier molecular flexibility index (Phi) is 5.76. The molecule has 1 heterocycles. The van der Waals surface area contributed by atoms with E-state index in [0.29, 0.717) is 43.2 Å². The quantitative estimate of drug-likeness (QED) is 0.677. The first-order valence-corrected chi connectivity index (χ1v) is 10.5. The number of amides is 1. The summed E-state index contributed by atoms with van der Waals surface area (Å²) in [5.74, 6) is 0.600. The summed E-state index contributed by atoms with van der Waals surface area (Å²) >= 11 is 3.38. The summed E-state index contributed by atoms with van der Waals surface area (Å²) < 4.78 is 17.5. The van der Waals surface area contributed by atoms with Crippen LogP contribution in [-0.4, -0.2) is 31.7 Å². The fourth-order valence-electron chi connectivity index (χ4n) is 3.95. The molecule has 1 fully saturated rings. The smallest absolute Gasteiger partial charge is 0.317 e. The third-order valence-electron chi connectivity index (χ3n) is 5.42. The minimum atomic E-state index is -0.747.